The number of hydrogen-bond acceptors (Lipinski definition) is 6. The van der Waals surface area contributed by atoms with E-state index in [2.05, 4.69) is 4.98 Å². The first kappa shape index (κ1) is 17.4. The summed E-state index contributed by atoms with van der Waals surface area (Å²) >= 11 is 0. The molecule has 26 heavy (non-hydrogen) atoms. The average molecular weight is 355 g/mol. The van der Waals surface area contributed by atoms with E-state index < -0.39 is 10.9 Å². The number of aromatic nitrogens is 2. The zero-order valence-electron chi connectivity index (χ0n) is 14.6. The third-order valence-electron chi connectivity index (χ3n) is 4.05. The summed E-state index contributed by atoms with van der Waals surface area (Å²) in [6.45, 7) is 1.97. The lowest BCUT2D eigenvalue weighted by Gasteiger charge is -2.07. The van der Waals surface area contributed by atoms with Crippen molar-refractivity contribution in [1.29, 1.82) is 0 Å². The zero-order valence-corrected chi connectivity index (χ0v) is 14.6. The molecule has 0 radical (unpaired) electrons. The van der Waals surface area contributed by atoms with Crippen molar-refractivity contribution in [3.63, 3.8) is 0 Å². The molecule has 8 heteroatoms. The van der Waals surface area contributed by atoms with Crippen molar-refractivity contribution in [3.05, 3.63) is 52.1 Å². The van der Waals surface area contributed by atoms with Gasteiger partial charge in [-0.15, -0.1) is 0 Å². The fourth-order valence-electron chi connectivity index (χ4n) is 2.88. The van der Waals surface area contributed by atoms with Crippen molar-refractivity contribution >= 4 is 22.7 Å². The van der Waals surface area contributed by atoms with E-state index >= 15 is 0 Å². The maximum Gasteiger partial charge on any atom is 0.340 e. The molecule has 0 spiro atoms. The highest BCUT2D eigenvalue weighted by Gasteiger charge is 2.26. The van der Waals surface area contributed by atoms with Gasteiger partial charge in [-0.25, -0.2) is 9.78 Å². The van der Waals surface area contributed by atoms with E-state index in [0.29, 0.717) is 28.0 Å². The molecule has 0 atom stereocenters. The van der Waals surface area contributed by atoms with Gasteiger partial charge in [0.25, 0.3) is 0 Å². The first-order valence-corrected chi connectivity index (χ1v) is 7.93. The Bertz CT molecular complexity index is 1010. The van der Waals surface area contributed by atoms with Crippen molar-refractivity contribution < 1.29 is 19.2 Å². The van der Waals surface area contributed by atoms with Crippen LogP contribution in [0.1, 0.15) is 17.3 Å². The van der Waals surface area contributed by atoms with E-state index in [9.17, 15) is 14.9 Å². The Labute approximate surface area is 149 Å². The van der Waals surface area contributed by atoms with Crippen molar-refractivity contribution in [3.8, 4) is 17.1 Å². The fraction of sp³-hybridized carbons (Fsp3) is 0.222. The van der Waals surface area contributed by atoms with Crippen molar-refractivity contribution in [2.45, 2.75) is 6.92 Å². The molecule has 8 nitrogen and oxygen atoms in total. The van der Waals surface area contributed by atoms with Gasteiger partial charge in [-0.05, 0) is 31.2 Å². The largest absolute Gasteiger partial charge is 0.490 e. The monoisotopic (exact) mass is 355 g/mol. The Kier molecular flexibility index (Phi) is 4.57. The molecule has 0 fully saturated rings. The van der Waals surface area contributed by atoms with Crippen LogP contribution in [0, 0.1) is 10.1 Å². The van der Waals surface area contributed by atoms with Gasteiger partial charge in [0, 0.05) is 7.05 Å². The number of hydrogen-bond donors (Lipinski definition) is 0. The summed E-state index contributed by atoms with van der Waals surface area (Å²) in [5.74, 6) is 0.0235. The normalized spacial score (nSPS) is 10.7. The van der Waals surface area contributed by atoms with E-state index in [1.807, 2.05) is 0 Å². The second-order valence-electron chi connectivity index (χ2n) is 5.50. The Morgan fingerprint density at radius 1 is 1.27 bits per heavy atom. The lowest BCUT2D eigenvalue weighted by Crippen LogP contribution is -2.05. The quantitative estimate of drug-likeness (QED) is 0.396. The molecule has 0 aliphatic carbocycles. The SMILES string of the molecule is CCOC(=O)c1cccc2c1nc(-c1cccc(OC)c1[N+](=O)[O-])n2C. The smallest absolute Gasteiger partial charge is 0.340 e. The number of nitro groups is 1. The Hall–Kier alpha value is -3.42. The standard InChI is InChI=1S/C18H17N3O5/c1-4-26-18(22)11-7-5-9-13-15(11)19-17(20(13)2)12-8-6-10-14(25-3)16(12)21(23)24/h5-10H,4H2,1-3H3. The Morgan fingerprint density at radius 3 is 2.65 bits per heavy atom. The Balaban J connectivity index is 2.28. The number of methoxy groups -OCH3 is 1. The van der Waals surface area contributed by atoms with Crippen molar-refractivity contribution in [2.24, 2.45) is 7.05 Å². The predicted octanol–water partition coefficient (Wildman–Crippen LogP) is 3.33. The number of nitro benzene ring substituents is 1. The molecule has 0 N–H and O–H groups in total. The average Bonchev–Trinajstić information content (AvgIpc) is 2.97. The molecule has 134 valence electrons. The number of imidazole rings is 1. The van der Waals surface area contributed by atoms with E-state index in [0.717, 1.165) is 0 Å². The third kappa shape index (κ3) is 2.75. The van der Waals surface area contributed by atoms with Gasteiger partial charge in [-0.1, -0.05) is 12.1 Å². The van der Waals surface area contributed by atoms with Crippen LogP contribution in [0.4, 0.5) is 5.69 Å². The van der Waals surface area contributed by atoms with Crippen LogP contribution in [0.3, 0.4) is 0 Å². The molecule has 0 aliphatic rings. The summed E-state index contributed by atoms with van der Waals surface area (Å²) in [6, 6.07) is 9.92. The molecule has 3 rings (SSSR count). The molecule has 3 aromatic rings. The van der Waals surface area contributed by atoms with Crippen LogP contribution in [-0.4, -0.2) is 34.2 Å². The number of esters is 1. The lowest BCUT2D eigenvalue weighted by molar-refractivity contribution is -0.385. The molecular formula is C18H17N3O5. The van der Waals surface area contributed by atoms with Gasteiger partial charge in [-0.2, -0.15) is 0 Å². The highest BCUT2D eigenvalue weighted by molar-refractivity contribution is 6.03. The maximum absolute atomic E-state index is 12.2. The number of benzene rings is 2. The second-order valence-corrected chi connectivity index (χ2v) is 5.50. The Morgan fingerprint density at radius 2 is 2.00 bits per heavy atom. The van der Waals surface area contributed by atoms with Crippen LogP contribution in [0.25, 0.3) is 22.4 Å². The molecule has 0 saturated carbocycles. The van der Waals surface area contributed by atoms with Crippen molar-refractivity contribution in [1.82, 2.24) is 9.55 Å². The number of aryl methyl sites for hydroxylation is 1. The van der Waals surface area contributed by atoms with Gasteiger partial charge in [0.1, 0.15) is 11.3 Å². The number of ether oxygens (including phenoxy) is 2. The molecule has 0 bridgehead atoms. The minimum atomic E-state index is -0.500. The molecule has 0 amide bonds. The van der Waals surface area contributed by atoms with Crippen molar-refractivity contribution in [2.75, 3.05) is 13.7 Å². The highest BCUT2D eigenvalue weighted by Crippen LogP contribution is 2.38. The summed E-state index contributed by atoms with van der Waals surface area (Å²) < 4.78 is 11.9. The predicted molar refractivity (Wildman–Crippen MR) is 95.3 cm³/mol. The number of carbonyl (C=O) groups excluding carboxylic acids is 1. The molecule has 1 aromatic heterocycles. The third-order valence-corrected chi connectivity index (χ3v) is 4.05. The van der Waals surface area contributed by atoms with Gasteiger partial charge in [0.05, 0.1) is 35.3 Å². The summed E-state index contributed by atoms with van der Waals surface area (Å²) in [5.41, 5.74) is 1.55. The number of fused-ring (bicyclic) bond motifs is 1. The molecule has 1 heterocycles. The summed E-state index contributed by atoms with van der Waals surface area (Å²) in [6.07, 6.45) is 0. The van der Waals surface area contributed by atoms with Crippen LogP contribution in [0.5, 0.6) is 5.75 Å². The van der Waals surface area contributed by atoms with E-state index in [1.165, 1.54) is 13.2 Å². The van der Waals surface area contributed by atoms with Crippen LogP contribution in [0.15, 0.2) is 36.4 Å². The minimum Gasteiger partial charge on any atom is -0.490 e. The maximum atomic E-state index is 12.2. The van der Waals surface area contributed by atoms with E-state index in [-0.39, 0.29) is 18.0 Å². The zero-order chi connectivity index (χ0) is 18.8. The molecular weight excluding hydrogens is 338 g/mol. The fourth-order valence-corrected chi connectivity index (χ4v) is 2.88. The van der Waals surface area contributed by atoms with Gasteiger partial charge in [-0.3, -0.25) is 10.1 Å². The first-order valence-electron chi connectivity index (χ1n) is 7.93. The molecule has 0 unspecified atom stereocenters. The summed E-state index contributed by atoms with van der Waals surface area (Å²) in [4.78, 5) is 27.8. The van der Waals surface area contributed by atoms with Crippen LogP contribution >= 0.6 is 0 Å². The lowest BCUT2D eigenvalue weighted by atomic mass is 10.1. The summed E-state index contributed by atoms with van der Waals surface area (Å²) in [7, 11) is 3.11. The summed E-state index contributed by atoms with van der Waals surface area (Å²) in [5, 5.41) is 11.6. The van der Waals surface area contributed by atoms with Gasteiger partial charge in [0.15, 0.2) is 5.75 Å². The minimum absolute atomic E-state index is 0.144. The molecule has 0 aliphatic heterocycles. The number of nitrogens with zero attached hydrogens (tertiary/aromatic N) is 3. The van der Waals surface area contributed by atoms with E-state index in [4.69, 9.17) is 9.47 Å². The first-order chi connectivity index (χ1) is 12.5. The highest BCUT2D eigenvalue weighted by atomic mass is 16.6. The van der Waals surface area contributed by atoms with E-state index in [1.54, 1.807) is 48.9 Å². The van der Waals surface area contributed by atoms with Gasteiger partial charge in [0.2, 0.25) is 0 Å². The second kappa shape index (κ2) is 6.83. The van der Waals surface area contributed by atoms with Gasteiger partial charge < -0.3 is 14.0 Å². The topological polar surface area (TPSA) is 96.5 Å². The molecule has 2 aromatic carbocycles. The van der Waals surface area contributed by atoms with Crippen LogP contribution < -0.4 is 4.74 Å². The number of para-hydroxylation sites is 2. The number of carbonyl (C=O) groups is 1. The number of rotatable bonds is 5. The van der Waals surface area contributed by atoms with Crippen LogP contribution in [-0.2, 0) is 11.8 Å². The molecule has 0 saturated heterocycles. The van der Waals surface area contributed by atoms with Gasteiger partial charge >= 0.3 is 11.7 Å². The van der Waals surface area contributed by atoms with Crippen LogP contribution in [0.2, 0.25) is 0 Å².